The number of hydrogen-bond donors (Lipinski definition) is 5. The monoisotopic (exact) mass is 532 g/mol. The fourth-order valence-electron chi connectivity index (χ4n) is 3.65. The number of nitrogens with two attached hydrogens (primary N) is 1. The number of carbonyl (C=O) groups is 3. The Bertz CT molecular complexity index is 1070. The first-order chi connectivity index (χ1) is 18.0. The van der Waals surface area contributed by atoms with Gasteiger partial charge >= 0.3 is 5.97 Å². The number of benzene rings is 2. The molecule has 2 rings (SSSR count). The quantitative estimate of drug-likeness (QED) is 0.213. The summed E-state index contributed by atoms with van der Waals surface area (Å²) in [5.74, 6) is -2.52. The first-order valence-electron chi connectivity index (χ1n) is 12.4. The van der Waals surface area contributed by atoms with Gasteiger partial charge in [0.25, 0.3) is 5.91 Å². The Hall–Kier alpha value is -3.54. The van der Waals surface area contributed by atoms with Gasteiger partial charge in [-0.15, -0.1) is 0 Å². The van der Waals surface area contributed by atoms with Gasteiger partial charge in [0.05, 0.1) is 0 Å². The van der Waals surface area contributed by atoms with Crippen LogP contribution in [-0.4, -0.2) is 77.4 Å². The maximum atomic E-state index is 13.1. The van der Waals surface area contributed by atoms with E-state index < -0.39 is 41.9 Å². The van der Waals surface area contributed by atoms with Gasteiger partial charge in [-0.05, 0) is 62.6 Å². The van der Waals surface area contributed by atoms with Crippen molar-refractivity contribution < 1.29 is 33.7 Å². The number of halogens is 1. The molecule has 0 fully saturated rings. The first-order valence-corrected chi connectivity index (χ1v) is 12.4. The molecule has 0 spiro atoms. The van der Waals surface area contributed by atoms with Gasteiger partial charge in [-0.25, -0.2) is 9.18 Å². The number of likely N-dealkylation sites (N-methyl/N-ethyl adjacent to an activating group) is 1. The summed E-state index contributed by atoms with van der Waals surface area (Å²) in [7, 11) is 1.33. The molecule has 6 N–H and O–H groups in total. The van der Waals surface area contributed by atoms with Gasteiger partial charge < -0.3 is 30.9 Å². The number of amides is 2. The van der Waals surface area contributed by atoms with Gasteiger partial charge in [0.15, 0.2) is 6.23 Å². The minimum absolute atomic E-state index is 0.0663. The summed E-state index contributed by atoms with van der Waals surface area (Å²) in [6.07, 6.45) is -0.472. The Morgan fingerprint density at radius 1 is 1.11 bits per heavy atom. The molecule has 208 valence electrons. The van der Waals surface area contributed by atoms with Crippen LogP contribution in [0.2, 0.25) is 0 Å². The molecule has 2 aromatic rings. The maximum absolute atomic E-state index is 13.1. The number of hydrogen-bond acceptors (Lipinski definition) is 7. The largest absolute Gasteiger partial charge is 0.489 e. The van der Waals surface area contributed by atoms with Crippen LogP contribution in [0.3, 0.4) is 0 Å². The van der Waals surface area contributed by atoms with Crippen molar-refractivity contribution in [2.45, 2.75) is 57.5 Å². The van der Waals surface area contributed by atoms with E-state index in [-0.39, 0.29) is 19.1 Å². The van der Waals surface area contributed by atoms with Crippen LogP contribution < -0.4 is 21.1 Å². The zero-order chi connectivity index (χ0) is 28.2. The third kappa shape index (κ3) is 9.40. The summed E-state index contributed by atoms with van der Waals surface area (Å²) < 4.78 is 19.1. The predicted octanol–water partition coefficient (Wildman–Crippen LogP) is 1.05. The number of carboxylic acids is 1. The zero-order valence-electron chi connectivity index (χ0n) is 21.9. The molecule has 0 saturated carbocycles. The number of carbonyl (C=O) groups excluding carboxylic acids is 2. The molecule has 2 aromatic carbocycles. The molecule has 2 amide bonds. The number of nitrogens with one attached hydrogen (secondary N) is 2. The van der Waals surface area contributed by atoms with Crippen LogP contribution in [0.5, 0.6) is 5.75 Å². The van der Waals surface area contributed by atoms with E-state index in [0.717, 1.165) is 23.3 Å². The van der Waals surface area contributed by atoms with Crippen molar-refractivity contribution in [3.63, 3.8) is 0 Å². The number of aliphatic hydroxyl groups is 1. The summed E-state index contributed by atoms with van der Waals surface area (Å²) in [6, 6.07) is 10.5. The average Bonchev–Trinajstić information content (AvgIpc) is 2.90. The van der Waals surface area contributed by atoms with Crippen molar-refractivity contribution in [2.75, 3.05) is 20.1 Å². The third-order valence-corrected chi connectivity index (χ3v) is 6.06. The van der Waals surface area contributed by atoms with Gasteiger partial charge in [0.2, 0.25) is 5.91 Å². The summed E-state index contributed by atoms with van der Waals surface area (Å²) in [6.45, 7) is 3.91. The van der Waals surface area contributed by atoms with Gasteiger partial charge in [0, 0.05) is 20.0 Å². The second kappa shape index (κ2) is 15.0. The Balaban J connectivity index is 1.89. The molecule has 38 heavy (non-hydrogen) atoms. The summed E-state index contributed by atoms with van der Waals surface area (Å²) >= 11 is 0. The standard InChI is InChI=1S/C27H37FN4O6/c1-17(38-23-9-5-4-7-20(23)8-6-14-29)16-30-25(34)26(35)32(3)18(2)24(33)31-22(27(36)37)15-19-10-12-21(28)13-11-19/h4-5,7,9-13,17-18,22,25,30,34H,6,8,14-16,29H2,1-3H3,(H,31,33)(H,36,37)/t17-,18-,22-,25+/m1/s1. The highest BCUT2D eigenvalue weighted by Gasteiger charge is 2.30. The fourth-order valence-corrected chi connectivity index (χ4v) is 3.65. The van der Waals surface area contributed by atoms with Crippen molar-refractivity contribution in [2.24, 2.45) is 5.73 Å². The van der Waals surface area contributed by atoms with Gasteiger partial charge in [-0.1, -0.05) is 30.3 Å². The van der Waals surface area contributed by atoms with E-state index in [1.807, 2.05) is 24.3 Å². The van der Waals surface area contributed by atoms with Crippen LogP contribution in [-0.2, 0) is 27.2 Å². The molecule has 10 nitrogen and oxygen atoms in total. The van der Waals surface area contributed by atoms with Crippen LogP contribution in [0.1, 0.15) is 31.4 Å². The van der Waals surface area contributed by atoms with Crippen molar-refractivity contribution >= 4 is 17.8 Å². The third-order valence-electron chi connectivity index (χ3n) is 6.06. The lowest BCUT2D eigenvalue weighted by Gasteiger charge is -2.28. The SMILES string of the molecule is C[C@H](CN[C@@H](O)C(=O)N(C)[C@H](C)C(=O)N[C@H](Cc1ccc(F)cc1)C(=O)O)Oc1ccccc1CCCN. The van der Waals surface area contributed by atoms with Crippen molar-refractivity contribution in [3.8, 4) is 5.75 Å². The smallest absolute Gasteiger partial charge is 0.326 e. The molecule has 0 aliphatic heterocycles. The van der Waals surface area contributed by atoms with E-state index in [9.17, 15) is 29.0 Å². The second-order valence-corrected chi connectivity index (χ2v) is 9.09. The molecule has 0 saturated heterocycles. The van der Waals surface area contributed by atoms with Crippen LogP contribution in [0, 0.1) is 5.82 Å². The lowest BCUT2D eigenvalue weighted by Crippen LogP contribution is -2.55. The van der Waals surface area contributed by atoms with Crippen molar-refractivity contribution in [1.82, 2.24) is 15.5 Å². The van der Waals surface area contributed by atoms with Crippen LogP contribution in [0.25, 0.3) is 0 Å². The van der Waals surface area contributed by atoms with Crippen LogP contribution in [0.15, 0.2) is 48.5 Å². The number of para-hydroxylation sites is 1. The van der Waals surface area contributed by atoms with E-state index >= 15 is 0 Å². The molecule has 0 bridgehead atoms. The second-order valence-electron chi connectivity index (χ2n) is 9.09. The predicted molar refractivity (Wildman–Crippen MR) is 140 cm³/mol. The number of ether oxygens (including phenoxy) is 1. The summed E-state index contributed by atoms with van der Waals surface area (Å²) in [5.41, 5.74) is 7.13. The lowest BCUT2D eigenvalue weighted by atomic mass is 10.1. The van der Waals surface area contributed by atoms with Gasteiger partial charge in [-0.2, -0.15) is 0 Å². The number of rotatable bonds is 15. The molecule has 0 aliphatic carbocycles. The van der Waals surface area contributed by atoms with E-state index in [0.29, 0.717) is 17.9 Å². The Morgan fingerprint density at radius 3 is 2.39 bits per heavy atom. The van der Waals surface area contributed by atoms with Gasteiger partial charge in [-0.3, -0.25) is 14.9 Å². The van der Waals surface area contributed by atoms with Gasteiger partial charge in [0.1, 0.15) is 29.8 Å². The number of carboxylic acid groups (broad SMARTS) is 1. The molecular weight excluding hydrogens is 495 g/mol. The highest BCUT2D eigenvalue weighted by molar-refractivity contribution is 5.91. The maximum Gasteiger partial charge on any atom is 0.326 e. The number of aliphatic carboxylic acids is 1. The molecule has 0 aliphatic rings. The Morgan fingerprint density at radius 2 is 1.76 bits per heavy atom. The van der Waals surface area contributed by atoms with Crippen LogP contribution in [0.4, 0.5) is 4.39 Å². The topological polar surface area (TPSA) is 154 Å². The minimum atomic E-state index is -1.61. The molecule has 0 aromatic heterocycles. The van der Waals surface area contributed by atoms with E-state index in [2.05, 4.69) is 10.6 Å². The molecule has 0 radical (unpaired) electrons. The zero-order valence-corrected chi connectivity index (χ0v) is 21.9. The van der Waals surface area contributed by atoms with Crippen molar-refractivity contribution in [1.29, 1.82) is 0 Å². The minimum Gasteiger partial charge on any atom is -0.489 e. The molecule has 11 heteroatoms. The highest BCUT2D eigenvalue weighted by atomic mass is 19.1. The molecule has 0 heterocycles. The Kier molecular flexibility index (Phi) is 12.1. The first kappa shape index (κ1) is 30.7. The van der Waals surface area contributed by atoms with Crippen LogP contribution >= 0.6 is 0 Å². The normalized spacial score (nSPS) is 14.2. The number of aryl methyl sites for hydroxylation is 1. The van der Waals surface area contributed by atoms with Crippen molar-refractivity contribution in [3.05, 3.63) is 65.5 Å². The number of aliphatic hydroxyl groups excluding tert-OH is 1. The lowest BCUT2D eigenvalue weighted by molar-refractivity contribution is -0.148. The summed E-state index contributed by atoms with van der Waals surface area (Å²) in [5, 5.41) is 25.0. The average molecular weight is 533 g/mol. The molecule has 0 unspecified atom stereocenters. The fraction of sp³-hybridized carbons (Fsp3) is 0.444. The molecule has 4 atom stereocenters. The van der Waals surface area contributed by atoms with E-state index in [1.54, 1.807) is 6.92 Å². The summed E-state index contributed by atoms with van der Waals surface area (Å²) in [4.78, 5) is 38.1. The van der Waals surface area contributed by atoms with E-state index in [1.165, 1.54) is 38.2 Å². The molecular formula is C27H37FN4O6. The number of nitrogens with zero attached hydrogens (tertiary/aromatic N) is 1. The Labute approximate surface area is 222 Å². The highest BCUT2D eigenvalue weighted by Crippen LogP contribution is 2.20. The van der Waals surface area contributed by atoms with E-state index in [4.69, 9.17) is 10.5 Å².